The number of nitrogens with zero attached hydrogens (tertiary/aromatic N) is 1. The Labute approximate surface area is 214 Å². The third-order valence-electron chi connectivity index (χ3n) is 7.05. The first-order valence-corrected chi connectivity index (χ1v) is 12.3. The Morgan fingerprint density at radius 3 is 2.49 bits per heavy atom. The van der Waals surface area contributed by atoms with Gasteiger partial charge in [-0.15, -0.1) is 0 Å². The van der Waals surface area contributed by atoms with Crippen molar-refractivity contribution in [1.82, 2.24) is 15.8 Å². The average Bonchev–Trinajstić information content (AvgIpc) is 3.39. The number of phenols is 1. The molecule has 0 saturated carbocycles. The summed E-state index contributed by atoms with van der Waals surface area (Å²) in [6.45, 7) is 2.40. The first-order chi connectivity index (χ1) is 16.9. The number of fused-ring (bicyclic) bond motifs is 1. The summed E-state index contributed by atoms with van der Waals surface area (Å²) in [4.78, 5) is 15.6. The van der Waals surface area contributed by atoms with Crippen LogP contribution in [0.5, 0.6) is 11.5 Å². The van der Waals surface area contributed by atoms with E-state index in [1.807, 2.05) is 60.4 Å². The number of rotatable bonds is 6. The molecule has 0 aromatic heterocycles. The van der Waals surface area contributed by atoms with Crippen molar-refractivity contribution in [3.05, 3.63) is 93.0 Å². The number of phenolic OH excluding ortho intramolecular Hbond substituents is 1. The number of hydrogen-bond donors (Lipinski definition) is 3. The van der Waals surface area contributed by atoms with E-state index in [0.29, 0.717) is 28.6 Å². The van der Waals surface area contributed by atoms with Gasteiger partial charge in [-0.1, -0.05) is 47.5 Å². The van der Waals surface area contributed by atoms with Crippen LogP contribution < -0.4 is 15.6 Å². The number of benzene rings is 3. The Morgan fingerprint density at radius 2 is 1.77 bits per heavy atom. The van der Waals surface area contributed by atoms with Gasteiger partial charge in [-0.2, -0.15) is 0 Å². The van der Waals surface area contributed by atoms with Crippen molar-refractivity contribution < 1.29 is 14.6 Å². The average molecular weight is 512 g/mol. The molecule has 0 bridgehead atoms. The monoisotopic (exact) mass is 511 g/mol. The molecule has 2 aliphatic rings. The van der Waals surface area contributed by atoms with Crippen LogP contribution in [0.3, 0.4) is 0 Å². The lowest BCUT2D eigenvalue weighted by atomic mass is 9.83. The lowest BCUT2D eigenvalue weighted by Gasteiger charge is -2.32. The van der Waals surface area contributed by atoms with E-state index >= 15 is 0 Å². The molecule has 5 rings (SSSR count). The van der Waals surface area contributed by atoms with E-state index in [1.54, 1.807) is 19.2 Å². The van der Waals surface area contributed by atoms with Gasteiger partial charge in [0.25, 0.3) is 0 Å². The summed E-state index contributed by atoms with van der Waals surface area (Å²) in [6.07, 6.45) is 0.700. The molecule has 2 saturated heterocycles. The quantitative estimate of drug-likeness (QED) is 0.435. The zero-order valence-electron chi connectivity index (χ0n) is 19.5. The number of aromatic hydroxyl groups is 1. The number of halogens is 2. The van der Waals surface area contributed by atoms with Crippen LogP contribution in [0.15, 0.2) is 60.7 Å². The molecular formula is C27H27Cl2N3O3. The third-order valence-corrected chi connectivity index (χ3v) is 7.69. The van der Waals surface area contributed by atoms with Gasteiger partial charge in [0.1, 0.15) is 17.5 Å². The molecule has 0 radical (unpaired) electrons. The predicted molar refractivity (Wildman–Crippen MR) is 137 cm³/mol. The van der Waals surface area contributed by atoms with Crippen LogP contribution in [0.2, 0.25) is 10.0 Å². The van der Waals surface area contributed by atoms with Gasteiger partial charge < -0.3 is 14.7 Å². The summed E-state index contributed by atoms with van der Waals surface area (Å²) in [7, 11) is 1.64. The summed E-state index contributed by atoms with van der Waals surface area (Å²) >= 11 is 12.8. The minimum atomic E-state index is -0.445. The van der Waals surface area contributed by atoms with Crippen LogP contribution in [0, 0.1) is 12.8 Å². The van der Waals surface area contributed by atoms with Gasteiger partial charge in [-0.25, -0.2) is 10.9 Å². The maximum atomic E-state index is 13.6. The van der Waals surface area contributed by atoms with E-state index < -0.39 is 6.04 Å². The number of nitrogens with one attached hydrogen (secondary N) is 2. The van der Waals surface area contributed by atoms with Crippen molar-refractivity contribution in [2.75, 3.05) is 13.7 Å². The molecule has 3 aromatic rings. The fraction of sp³-hybridized carbons (Fsp3) is 0.296. The summed E-state index contributed by atoms with van der Waals surface area (Å²) in [6, 6.07) is 18.0. The van der Waals surface area contributed by atoms with Crippen molar-refractivity contribution in [2.45, 2.75) is 31.5 Å². The first-order valence-electron chi connectivity index (χ1n) is 11.6. The van der Waals surface area contributed by atoms with Gasteiger partial charge in [0.05, 0.1) is 19.2 Å². The Hall–Kier alpha value is -2.77. The van der Waals surface area contributed by atoms with Gasteiger partial charge >= 0.3 is 0 Å². The molecule has 1 amide bonds. The third kappa shape index (κ3) is 4.47. The summed E-state index contributed by atoms with van der Waals surface area (Å²) in [5.74, 6) is 0.788. The Morgan fingerprint density at radius 1 is 1.03 bits per heavy atom. The van der Waals surface area contributed by atoms with Gasteiger partial charge in [0, 0.05) is 28.1 Å². The maximum absolute atomic E-state index is 13.6. The van der Waals surface area contributed by atoms with Crippen molar-refractivity contribution in [2.24, 2.45) is 5.92 Å². The number of carbonyl (C=O) groups excluding carboxylic acids is 1. The van der Waals surface area contributed by atoms with Crippen molar-refractivity contribution in [3.63, 3.8) is 0 Å². The normalized spacial score (nSPS) is 23.5. The first kappa shape index (κ1) is 23.9. The minimum Gasteiger partial charge on any atom is -0.508 e. The number of hydrogen-bond acceptors (Lipinski definition) is 5. The van der Waals surface area contributed by atoms with Crippen molar-refractivity contribution >= 4 is 29.1 Å². The van der Waals surface area contributed by atoms with Crippen LogP contribution in [0.4, 0.5) is 0 Å². The smallest absolute Gasteiger partial charge is 0.242 e. The highest BCUT2D eigenvalue weighted by Gasteiger charge is 2.55. The van der Waals surface area contributed by atoms with E-state index in [2.05, 4.69) is 10.9 Å². The van der Waals surface area contributed by atoms with Gasteiger partial charge in [0.15, 0.2) is 0 Å². The van der Waals surface area contributed by atoms with Crippen LogP contribution in [-0.2, 0) is 11.2 Å². The molecule has 4 atom stereocenters. The zero-order valence-corrected chi connectivity index (χ0v) is 21.0. The number of hydrazine groups is 1. The molecule has 3 N–H and O–H groups in total. The number of ether oxygens (including phenoxy) is 1. The van der Waals surface area contributed by atoms with Crippen LogP contribution in [0.1, 0.15) is 34.3 Å². The van der Waals surface area contributed by atoms with Crippen molar-refractivity contribution in [1.29, 1.82) is 0 Å². The predicted octanol–water partition coefficient (Wildman–Crippen LogP) is 4.98. The molecule has 3 aromatic carbocycles. The van der Waals surface area contributed by atoms with E-state index in [0.717, 1.165) is 22.4 Å². The Kier molecular flexibility index (Phi) is 6.64. The van der Waals surface area contributed by atoms with Crippen LogP contribution in [-0.4, -0.2) is 35.6 Å². The van der Waals surface area contributed by atoms with E-state index in [1.165, 1.54) is 0 Å². The van der Waals surface area contributed by atoms with Crippen LogP contribution >= 0.6 is 23.2 Å². The van der Waals surface area contributed by atoms with Gasteiger partial charge in [-0.3, -0.25) is 4.79 Å². The summed E-state index contributed by atoms with van der Waals surface area (Å²) in [5, 5.41) is 12.0. The molecule has 4 unspecified atom stereocenters. The molecule has 2 heterocycles. The zero-order chi connectivity index (χ0) is 24.7. The highest BCUT2D eigenvalue weighted by Crippen LogP contribution is 2.49. The van der Waals surface area contributed by atoms with E-state index in [-0.39, 0.29) is 29.7 Å². The molecule has 182 valence electrons. The molecule has 8 heteroatoms. The van der Waals surface area contributed by atoms with Gasteiger partial charge in [0.2, 0.25) is 5.91 Å². The number of methoxy groups -OCH3 is 1. The highest BCUT2D eigenvalue weighted by molar-refractivity contribution is 6.31. The molecule has 0 spiro atoms. The SMILES string of the molecule is COc1ccc(CCN2C(=O)C3NNC(c4cc(Cl)c(C)cc4O)C3C2c2cccc(Cl)c2)cc1. The number of amides is 1. The fourth-order valence-corrected chi connectivity index (χ4v) is 5.65. The summed E-state index contributed by atoms with van der Waals surface area (Å²) < 4.78 is 5.26. The molecule has 2 fully saturated rings. The van der Waals surface area contributed by atoms with E-state index in [9.17, 15) is 9.90 Å². The molecule has 35 heavy (non-hydrogen) atoms. The number of aryl methyl sites for hydroxylation is 1. The molecule has 0 aliphatic carbocycles. The lowest BCUT2D eigenvalue weighted by molar-refractivity contribution is -0.130. The standard InChI is InChI=1S/C27H27Cl2N3O3/c1-15-12-22(33)20(14-21(15)29)24-23-25(31-30-24)27(34)32(26(23)17-4-3-5-18(28)13-17)11-10-16-6-8-19(35-2)9-7-16/h3-9,12-14,23-26,30-31,33H,10-11H2,1-2H3. The number of carbonyl (C=O) groups is 1. The lowest BCUT2D eigenvalue weighted by Crippen LogP contribution is -2.42. The largest absolute Gasteiger partial charge is 0.508 e. The van der Waals surface area contributed by atoms with Crippen molar-refractivity contribution in [3.8, 4) is 11.5 Å². The molecule has 6 nitrogen and oxygen atoms in total. The second-order valence-corrected chi connectivity index (χ2v) is 9.95. The van der Waals surface area contributed by atoms with Crippen LogP contribution in [0.25, 0.3) is 0 Å². The second-order valence-electron chi connectivity index (χ2n) is 9.11. The number of likely N-dealkylation sites (tertiary alicyclic amines) is 1. The highest BCUT2D eigenvalue weighted by atomic mass is 35.5. The maximum Gasteiger partial charge on any atom is 0.242 e. The Balaban J connectivity index is 1.50. The molecule has 2 aliphatic heterocycles. The Bertz CT molecular complexity index is 1250. The molecular weight excluding hydrogens is 485 g/mol. The minimum absolute atomic E-state index is 0.0150. The fourth-order valence-electron chi connectivity index (χ4n) is 5.28. The second kappa shape index (κ2) is 9.70. The topological polar surface area (TPSA) is 73.8 Å². The van der Waals surface area contributed by atoms with E-state index in [4.69, 9.17) is 27.9 Å². The van der Waals surface area contributed by atoms with Gasteiger partial charge in [-0.05, 0) is 66.4 Å². The summed E-state index contributed by atoms with van der Waals surface area (Å²) in [5.41, 5.74) is 9.98.